The molecular formula is C13H11O2P. The van der Waals surface area contributed by atoms with E-state index in [9.17, 15) is 4.57 Å². The predicted octanol–water partition coefficient (Wildman–Crippen LogP) is 3.15. The van der Waals surface area contributed by atoms with E-state index in [1.807, 2.05) is 43.3 Å². The molecule has 0 saturated heterocycles. The second-order valence-corrected chi connectivity index (χ2v) is 5.25. The lowest BCUT2D eigenvalue weighted by Crippen LogP contribution is -2.09. The SMILES string of the molecule is Cc1ccc2c(c1)-c1ccccc1[PH](=O)O2. The molecule has 2 nitrogen and oxygen atoms in total. The van der Waals surface area contributed by atoms with Gasteiger partial charge in [-0.05, 0) is 30.7 Å². The summed E-state index contributed by atoms with van der Waals surface area (Å²) in [7, 11) is -2.12. The predicted molar refractivity (Wildman–Crippen MR) is 65.9 cm³/mol. The van der Waals surface area contributed by atoms with Crippen LogP contribution >= 0.6 is 8.03 Å². The highest BCUT2D eigenvalue weighted by Gasteiger charge is 2.21. The van der Waals surface area contributed by atoms with Gasteiger partial charge in [0, 0.05) is 5.56 Å². The van der Waals surface area contributed by atoms with Gasteiger partial charge in [0.2, 0.25) is 0 Å². The van der Waals surface area contributed by atoms with E-state index >= 15 is 0 Å². The minimum Gasteiger partial charge on any atom is -0.441 e. The van der Waals surface area contributed by atoms with E-state index in [0.717, 1.165) is 22.2 Å². The van der Waals surface area contributed by atoms with Crippen molar-refractivity contribution in [1.29, 1.82) is 0 Å². The van der Waals surface area contributed by atoms with E-state index in [1.54, 1.807) is 0 Å². The molecule has 0 aliphatic carbocycles. The lowest BCUT2D eigenvalue weighted by atomic mass is 10.0. The highest BCUT2D eigenvalue weighted by Crippen LogP contribution is 2.42. The zero-order valence-electron chi connectivity index (χ0n) is 8.86. The molecule has 0 radical (unpaired) electrons. The molecule has 16 heavy (non-hydrogen) atoms. The third kappa shape index (κ3) is 1.38. The van der Waals surface area contributed by atoms with Crippen LogP contribution in [0, 0.1) is 6.92 Å². The van der Waals surface area contributed by atoms with Crippen LogP contribution in [0.15, 0.2) is 42.5 Å². The van der Waals surface area contributed by atoms with Crippen LogP contribution in [-0.2, 0) is 4.57 Å². The van der Waals surface area contributed by atoms with Gasteiger partial charge < -0.3 is 4.52 Å². The monoisotopic (exact) mass is 230 g/mol. The van der Waals surface area contributed by atoms with Crippen molar-refractivity contribution in [1.82, 2.24) is 0 Å². The molecule has 1 aliphatic rings. The Balaban J connectivity index is 2.33. The molecular weight excluding hydrogens is 219 g/mol. The standard InChI is InChI=1S/C13H11O2P/c1-9-6-7-12-11(8-9)10-4-2-3-5-13(10)16(14)15-12/h2-8,16H,1H3. The number of hydrogen-bond donors (Lipinski definition) is 0. The zero-order valence-corrected chi connectivity index (χ0v) is 9.86. The Bertz CT molecular complexity index is 590. The molecule has 0 amide bonds. The van der Waals surface area contributed by atoms with E-state index in [1.165, 1.54) is 5.56 Å². The molecule has 80 valence electrons. The summed E-state index contributed by atoms with van der Waals surface area (Å²) in [6.45, 7) is 2.04. The Kier molecular flexibility index (Phi) is 2.12. The van der Waals surface area contributed by atoms with Gasteiger partial charge >= 0.3 is 0 Å². The topological polar surface area (TPSA) is 26.3 Å². The Morgan fingerprint density at radius 3 is 2.75 bits per heavy atom. The van der Waals surface area contributed by atoms with Crippen molar-refractivity contribution in [2.45, 2.75) is 6.92 Å². The summed E-state index contributed by atoms with van der Waals surface area (Å²) in [5.41, 5.74) is 3.26. The fourth-order valence-electron chi connectivity index (χ4n) is 1.99. The molecule has 0 fully saturated rings. The Labute approximate surface area is 94.8 Å². The van der Waals surface area contributed by atoms with Gasteiger partial charge in [0.1, 0.15) is 5.75 Å². The van der Waals surface area contributed by atoms with Crippen LogP contribution in [0.4, 0.5) is 0 Å². The van der Waals surface area contributed by atoms with Crippen LogP contribution in [0.25, 0.3) is 11.1 Å². The molecule has 2 aromatic carbocycles. The second-order valence-electron chi connectivity index (χ2n) is 3.93. The maximum Gasteiger partial charge on any atom is 0.266 e. The van der Waals surface area contributed by atoms with E-state index in [4.69, 9.17) is 4.52 Å². The normalized spacial score (nSPS) is 17.2. The van der Waals surface area contributed by atoms with Crippen LogP contribution in [0.1, 0.15) is 5.56 Å². The third-order valence-corrected chi connectivity index (χ3v) is 4.06. The van der Waals surface area contributed by atoms with Crippen molar-refractivity contribution in [3.63, 3.8) is 0 Å². The van der Waals surface area contributed by atoms with Crippen LogP contribution < -0.4 is 9.83 Å². The first-order valence-corrected chi connectivity index (χ1v) is 6.49. The van der Waals surface area contributed by atoms with Crippen LogP contribution in [0.3, 0.4) is 0 Å². The number of benzene rings is 2. The fraction of sp³-hybridized carbons (Fsp3) is 0.0769. The second kappa shape index (κ2) is 3.50. The van der Waals surface area contributed by atoms with E-state index < -0.39 is 8.03 Å². The van der Waals surface area contributed by atoms with E-state index in [-0.39, 0.29) is 0 Å². The molecule has 0 bridgehead atoms. The largest absolute Gasteiger partial charge is 0.441 e. The Hall–Kier alpha value is -1.53. The molecule has 0 aromatic heterocycles. The number of aryl methyl sites for hydroxylation is 1. The van der Waals surface area contributed by atoms with Crippen molar-refractivity contribution >= 4 is 13.3 Å². The summed E-state index contributed by atoms with van der Waals surface area (Å²) in [4.78, 5) is 0. The minimum absolute atomic E-state index is 0.730. The molecule has 0 N–H and O–H groups in total. The highest BCUT2D eigenvalue weighted by atomic mass is 31.1. The molecule has 0 saturated carbocycles. The number of rotatable bonds is 0. The summed E-state index contributed by atoms with van der Waals surface area (Å²) in [6, 6.07) is 13.7. The summed E-state index contributed by atoms with van der Waals surface area (Å²) in [6.07, 6.45) is 0. The lowest BCUT2D eigenvalue weighted by molar-refractivity contribution is 0.513. The molecule has 1 unspecified atom stereocenters. The van der Waals surface area contributed by atoms with Crippen molar-refractivity contribution < 1.29 is 9.09 Å². The van der Waals surface area contributed by atoms with E-state index in [0.29, 0.717) is 0 Å². The first-order valence-electron chi connectivity index (χ1n) is 5.18. The highest BCUT2D eigenvalue weighted by molar-refractivity contribution is 7.49. The summed E-state index contributed by atoms with van der Waals surface area (Å²) >= 11 is 0. The average molecular weight is 230 g/mol. The maximum atomic E-state index is 11.9. The molecule has 2 aromatic rings. The van der Waals surface area contributed by atoms with Crippen molar-refractivity contribution in [3.8, 4) is 16.9 Å². The van der Waals surface area contributed by atoms with Gasteiger partial charge in [0.15, 0.2) is 0 Å². The summed E-state index contributed by atoms with van der Waals surface area (Å²) in [5.74, 6) is 0.730. The lowest BCUT2D eigenvalue weighted by Gasteiger charge is -2.20. The first kappa shape index (κ1) is 9.68. The van der Waals surface area contributed by atoms with Crippen LogP contribution in [0.2, 0.25) is 0 Å². The van der Waals surface area contributed by atoms with Gasteiger partial charge in [-0.1, -0.05) is 29.8 Å². The number of hydrogen-bond acceptors (Lipinski definition) is 2. The summed E-state index contributed by atoms with van der Waals surface area (Å²) < 4.78 is 17.4. The molecule has 1 atom stereocenters. The molecule has 1 aliphatic heterocycles. The smallest absolute Gasteiger partial charge is 0.266 e. The third-order valence-electron chi connectivity index (χ3n) is 2.77. The minimum atomic E-state index is -2.12. The molecule has 3 heteroatoms. The summed E-state index contributed by atoms with van der Waals surface area (Å²) in [5, 5.41) is 0.825. The number of fused-ring (bicyclic) bond motifs is 3. The Morgan fingerprint density at radius 2 is 1.88 bits per heavy atom. The quantitative estimate of drug-likeness (QED) is 0.650. The van der Waals surface area contributed by atoms with Gasteiger partial charge in [-0.25, -0.2) is 0 Å². The van der Waals surface area contributed by atoms with Gasteiger partial charge in [-0.2, -0.15) is 0 Å². The molecule has 3 rings (SSSR count). The van der Waals surface area contributed by atoms with Crippen molar-refractivity contribution in [2.75, 3.05) is 0 Å². The molecule has 0 spiro atoms. The van der Waals surface area contributed by atoms with Gasteiger partial charge in [-0.3, -0.25) is 4.57 Å². The van der Waals surface area contributed by atoms with Gasteiger partial charge in [0.05, 0.1) is 5.30 Å². The fourth-order valence-corrected chi connectivity index (χ4v) is 3.15. The van der Waals surface area contributed by atoms with Crippen LogP contribution in [0.5, 0.6) is 5.75 Å². The Morgan fingerprint density at radius 1 is 1.06 bits per heavy atom. The van der Waals surface area contributed by atoms with Gasteiger partial charge in [0.25, 0.3) is 8.03 Å². The van der Waals surface area contributed by atoms with Crippen LogP contribution in [-0.4, -0.2) is 0 Å². The average Bonchev–Trinajstić information content (AvgIpc) is 2.31. The molecule has 1 heterocycles. The first-order chi connectivity index (χ1) is 7.75. The van der Waals surface area contributed by atoms with Gasteiger partial charge in [-0.15, -0.1) is 0 Å². The van der Waals surface area contributed by atoms with E-state index in [2.05, 4.69) is 6.07 Å². The van der Waals surface area contributed by atoms with Crippen molar-refractivity contribution in [2.24, 2.45) is 0 Å². The maximum absolute atomic E-state index is 11.9. The van der Waals surface area contributed by atoms with Crippen molar-refractivity contribution in [3.05, 3.63) is 48.0 Å². The zero-order chi connectivity index (χ0) is 11.1.